The molecule has 26 heavy (non-hydrogen) atoms. The van der Waals surface area contributed by atoms with Crippen LogP contribution in [0.2, 0.25) is 0 Å². The maximum Gasteiger partial charge on any atom is 0.304 e. The Bertz CT molecular complexity index is 824. The maximum atomic E-state index is 12.6. The van der Waals surface area contributed by atoms with Gasteiger partial charge in [0.2, 0.25) is 11.0 Å². The Hall–Kier alpha value is -1.69. The van der Waals surface area contributed by atoms with Crippen LogP contribution in [0.3, 0.4) is 0 Å². The van der Waals surface area contributed by atoms with Gasteiger partial charge in [-0.3, -0.25) is 10.1 Å². The molecule has 8 nitrogen and oxygen atoms in total. The fraction of sp³-hybridized carbons (Fsp3) is 0.400. The molecule has 1 aromatic heterocycles. The van der Waals surface area contributed by atoms with E-state index in [0.29, 0.717) is 10.8 Å². The van der Waals surface area contributed by atoms with Crippen molar-refractivity contribution in [3.05, 3.63) is 30.3 Å². The van der Waals surface area contributed by atoms with Crippen molar-refractivity contribution in [2.45, 2.75) is 17.7 Å². The largest absolute Gasteiger partial charge is 0.304 e. The van der Waals surface area contributed by atoms with Gasteiger partial charge in [0.05, 0.1) is 5.69 Å². The van der Waals surface area contributed by atoms with E-state index in [1.165, 1.54) is 25.4 Å². The lowest BCUT2D eigenvalue weighted by Crippen LogP contribution is -2.44. The Balaban J connectivity index is 2.13. The molecule has 0 unspecified atom stereocenters. The molecule has 1 heterocycles. The number of amides is 1. The minimum absolute atomic E-state index is 0.351. The Labute approximate surface area is 161 Å². The molecule has 0 bridgehead atoms. The maximum absolute atomic E-state index is 12.6. The Morgan fingerprint density at radius 1 is 1.23 bits per heavy atom. The van der Waals surface area contributed by atoms with E-state index in [-0.39, 0.29) is 6.54 Å². The molecule has 2 rings (SSSR count). The molecule has 0 saturated carbocycles. The van der Waals surface area contributed by atoms with Crippen LogP contribution >= 0.6 is 23.1 Å². The predicted octanol–water partition coefficient (Wildman–Crippen LogP) is 2.29. The van der Waals surface area contributed by atoms with Crippen LogP contribution < -0.4 is 9.62 Å². The number of hydrogen-bond acceptors (Lipinski definition) is 7. The van der Waals surface area contributed by atoms with Gasteiger partial charge in [0.25, 0.3) is 0 Å². The molecule has 1 amide bonds. The summed E-state index contributed by atoms with van der Waals surface area (Å²) in [5, 5.41) is 10.9. The molecule has 0 aliphatic carbocycles. The van der Waals surface area contributed by atoms with Crippen molar-refractivity contribution in [3.63, 3.8) is 0 Å². The highest BCUT2D eigenvalue weighted by Gasteiger charge is 2.27. The first-order chi connectivity index (χ1) is 12.3. The summed E-state index contributed by atoms with van der Waals surface area (Å²) < 4.78 is 28.1. The first-order valence-electron chi connectivity index (χ1n) is 7.86. The highest BCUT2D eigenvalue weighted by molar-refractivity contribution is 8.01. The molecular formula is C15H21N5O3S3. The van der Waals surface area contributed by atoms with Crippen LogP contribution in [0.1, 0.15) is 13.3 Å². The Kier molecular flexibility index (Phi) is 7.38. The lowest BCUT2D eigenvalue weighted by atomic mass is 10.3. The van der Waals surface area contributed by atoms with E-state index in [4.69, 9.17) is 0 Å². The molecule has 142 valence electrons. The summed E-state index contributed by atoms with van der Waals surface area (Å²) in [4.78, 5) is 12.4. The lowest BCUT2D eigenvalue weighted by Gasteiger charge is -2.26. The smallest absolute Gasteiger partial charge is 0.299 e. The highest BCUT2D eigenvalue weighted by Crippen LogP contribution is 2.26. The zero-order valence-corrected chi connectivity index (χ0v) is 17.2. The van der Waals surface area contributed by atoms with Crippen LogP contribution in [-0.2, 0) is 15.0 Å². The second kappa shape index (κ2) is 9.31. The minimum atomic E-state index is -3.82. The number of thioether (sulfide) groups is 1. The van der Waals surface area contributed by atoms with Gasteiger partial charge >= 0.3 is 10.2 Å². The summed E-state index contributed by atoms with van der Waals surface area (Å²) >= 11 is 2.84. The first kappa shape index (κ1) is 20.6. The van der Waals surface area contributed by atoms with Crippen LogP contribution in [0.15, 0.2) is 34.7 Å². The van der Waals surface area contributed by atoms with E-state index in [0.717, 1.165) is 25.1 Å². The third-order valence-corrected chi connectivity index (χ3v) is 7.15. The molecular weight excluding hydrogens is 394 g/mol. The fourth-order valence-electron chi connectivity index (χ4n) is 1.89. The van der Waals surface area contributed by atoms with Gasteiger partial charge in [-0.05, 0) is 18.6 Å². The summed E-state index contributed by atoms with van der Waals surface area (Å²) in [5.74, 6) is 0.438. The van der Waals surface area contributed by atoms with Crippen molar-refractivity contribution in [3.8, 4) is 0 Å². The number of benzene rings is 1. The average Bonchev–Trinajstić information content (AvgIpc) is 3.05. The fourth-order valence-corrected chi connectivity index (χ4v) is 4.65. The molecule has 1 aromatic carbocycles. The van der Waals surface area contributed by atoms with Crippen molar-refractivity contribution < 1.29 is 13.2 Å². The van der Waals surface area contributed by atoms with E-state index in [2.05, 4.69) is 22.4 Å². The second-order valence-corrected chi connectivity index (χ2v) is 9.79. The summed E-state index contributed by atoms with van der Waals surface area (Å²) in [6.45, 7) is 1.71. The van der Waals surface area contributed by atoms with Crippen LogP contribution in [0, 0.1) is 0 Å². The standard InChI is InChI=1S/C15H21N5O3S3/c1-4-10-24-15-18-17-14(25-15)16-13(21)11-20(26(22,23)19(2)3)12-8-6-5-7-9-12/h5-9H,4,10-11H2,1-3H3,(H,16,17,21). The average molecular weight is 416 g/mol. The highest BCUT2D eigenvalue weighted by atomic mass is 32.2. The molecule has 0 radical (unpaired) electrons. The SMILES string of the molecule is CCCSc1nnc(NC(=O)CN(c2ccccc2)S(=O)(=O)N(C)C)s1. The number of rotatable bonds is 9. The molecule has 0 aliphatic rings. The van der Waals surface area contributed by atoms with E-state index in [1.807, 2.05) is 0 Å². The van der Waals surface area contributed by atoms with Crippen LogP contribution in [0.25, 0.3) is 0 Å². The number of nitrogens with zero attached hydrogens (tertiary/aromatic N) is 4. The van der Waals surface area contributed by atoms with Gasteiger partial charge < -0.3 is 0 Å². The zero-order chi connectivity index (χ0) is 19.2. The predicted molar refractivity (Wildman–Crippen MR) is 106 cm³/mol. The number of nitrogens with one attached hydrogen (secondary N) is 1. The minimum Gasteiger partial charge on any atom is -0.299 e. The number of carbonyl (C=O) groups excluding carboxylic acids is 1. The zero-order valence-electron chi connectivity index (χ0n) is 14.7. The summed E-state index contributed by atoms with van der Waals surface area (Å²) in [5.41, 5.74) is 0.410. The Morgan fingerprint density at radius 3 is 2.54 bits per heavy atom. The quantitative estimate of drug-likeness (QED) is 0.499. The normalized spacial score (nSPS) is 11.5. The van der Waals surface area contributed by atoms with Gasteiger partial charge in [0.1, 0.15) is 6.54 Å². The molecule has 0 saturated heterocycles. The van der Waals surface area contributed by atoms with Crippen molar-refractivity contribution in [1.82, 2.24) is 14.5 Å². The topological polar surface area (TPSA) is 95.5 Å². The van der Waals surface area contributed by atoms with Crippen LogP contribution in [0.5, 0.6) is 0 Å². The summed E-state index contributed by atoms with van der Waals surface area (Å²) in [6, 6.07) is 8.49. The van der Waals surface area contributed by atoms with E-state index in [1.54, 1.807) is 42.1 Å². The number of aromatic nitrogens is 2. The van der Waals surface area contributed by atoms with Gasteiger partial charge in [0, 0.05) is 19.8 Å². The van der Waals surface area contributed by atoms with Crippen molar-refractivity contribution in [2.75, 3.05) is 36.0 Å². The molecule has 0 atom stereocenters. The van der Waals surface area contributed by atoms with E-state index >= 15 is 0 Å². The number of para-hydroxylation sites is 1. The van der Waals surface area contributed by atoms with Crippen molar-refractivity contribution in [1.29, 1.82) is 0 Å². The molecule has 0 aliphatic heterocycles. The molecule has 2 aromatic rings. The number of hydrogen-bond donors (Lipinski definition) is 1. The second-order valence-electron chi connectivity index (χ2n) is 5.40. The molecule has 0 fully saturated rings. The van der Waals surface area contributed by atoms with Crippen molar-refractivity contribution in [2.24, 2.45) is 0 Å². The molecule has 0 spiro atoms. The van der Waals surface area contributed by atoms with Crippen LogP contribution in [-0.4, -0.2) is 55.2 Å². The number of anilines is 2. The number of carbonyl (C=O) groups is 1. The Morgan fingerprint density at radius 2 is 1.92 bits per heavy atom. The summed E-state index contributed by atoms with van der Waals surface area (Å²) in [7, 11) is -0.974. The van der Waals surface area contributed by atoms with E-state index < -0.39 is 16.1 Å². The van der Waals surface area contributed by atoms with E-state index in [9.17, 15) is 13.2 Å². The molecule has 1 N–H and O–H groups in total. The van der Waals surface area contributed by atoms with Gasteiger partial charge in [-0.1, -0.05) is 48.2 Å². The third-order valence-electron chi connectivity index (χ3n) is 3.15. The molecule has 11 heteroatoms. The van der Waals surface area contributed by atoms with Crippen molar-refractivity contribution >= 4 is 50.0 Å². The van der Waals surface area contributed by atoms with Gasteiger partial charge in [-0.25, -0.2) is 4.31 Å². The lowest BCUT2D eigenvalue weighted by molar-refractivity contribution is -0.114. The first-order valence-corrected chi connectivity index (χ1v) is 11.1. The monoisotopic (exact) mass is 415 g/mol. The van der Waals surface area contributed by atoms with Gasteiger partial charge in [0.15, 0.2) is 4.34 Å². The summed E-state index contributed by atoms with van der Waals surface area (Å²) in [6.07, 6.45) is 1.01. The van der Waals surface area contributed by atoms with Crippen LogP contribution in [0.4, 0.5) is 10.8 Å². The van der Waals surface area contributed by atoms with Gasteiger partial charge in [-0.2, -0.15) is 12.7 Å². The van der Waals surface area contributed by atoms with Gasteiger partial charge in [-0.15, -0.1) is 10.2 Å². The third kappa shape index (κ3) is 5.40.